The van der Waals surface area contributed by atoms with Crippen LogP contribution in [0.25, 0.3) is 0 Å². The average molecular weight is 264 g/mol. The molecule has 0 saturated carbocycles. The van der Waals surface area contributed by atoms with Gasteiger partial charge in [0.2, 0.25) is 0 Å². The molecule has 0 aromatic rings. The molecule has 0 amide bonds. The van der Waals surface area contributed by atoms with Gasteiger partial charge in [0.15, 0.2) is 0 Å². The van der Waals surface area contributed by atoms with Crippen LogP contribution >= 0.6 is 15.9 Å². The fourth-order valence-corrected chi connectivity index (χ4v) is 2.63. The second kappa shape index (κ2) is 4.92. The molecule has 0 bridgehead atoms. The summed E-state index contributed by atoms with van der Waals surface area (Å²) in [4.78, 5) is 2.52. The van der Waals surface area contributed by atoms with Gasteiger partial charge in [-0.3, -0.25) is 4.90 Å². The van der Waals surface area contributed by atoms with E-state index in [9.17, 15) is 0 Å². The van der Waals surface area contributed by atoms with Crippen molar-refractivity contribution in [3.8, 4) is 0 Å². The molecular weight excluding hydrogens is 246 g/mol. The fourth-order valence-electron chi connectivity index (χ4n) is 2.27. The molecule has 3 atom stereocenters. The van der Waals surface area contributed by atoms with Gasteiger partial charge >= 0.3 is 0 Å². The second-order valence-corrected chi connectivity index (χ2v) is 4.84. The van der Waals surface area contributed by atoms with Gasteiger partial charge < -0.3 is 9.47 Å². The van der Waals surface area contributed by atoms with Crippen LogP contribution in [0, 0.1) is 0 Å². The molecule has 0 spiro atoms. The maximum Gasteiger partial charge on any atom is 0.0802 e. The zero-order valence-electron chi connectivity index (χ0n) is 8.62. The van der Waals surface area contributed by atoms with E-state index >= 15 is 0 Å². The third kappa shape index (κ3) is 2.48. The molecule has 14 heavy (non-hydrogen) atoms. The van der Waals surface area contributed by atoms with Crippen LogP contribution in [0.5, 0.6) is 0 Å². The van der Waals surface area contributed by atoms with Crippen molar-refractivity contribution in [3.63, 3.8) is 0 Å². The Morgan fingerprint density at radius 1 is 1.43 bits per heavy atom. The molecule has 2 aliphatic rings. The third-order valence-corrected chi connectivity index (χ3v) is 3.67. The summed E-state index contributed by atoms with van der Waals surface area (Å²) < 4.78 is 11.2. The molecule has 4 heteroatoms. The van der Waals surface area contributed by atoms with Crippen LogP contribution in [0.2, 0.25) is 0 Å². The van der Waals surface area contributed by atoms with E-state index in [4.69, 9.17) is 9.47 Å². The monoisotopic (exact) mass is 263 g/mol. The Labute approximate surface area is 93.9 Å². The summed E-state index contributed by atoms with van der Waals surface area (Å²) in [5, 5.41) is 0.932. The van der Waals surface area contributed by atoms with Crippen molar-refractivity contribution in [2.45, 2.75) is 31.6 Å². The Morgan fingerprint density at radius 3 is 2.93 bits per heavy atom. The summed E-state index contributed by atoms with van der Waals surface area (Å²) in [5.74, 6) is 0. The lowest BCUT2D eigenvalue weighted by molar-refractivity contribution is -0.0779. The van der Waals surface area contributed by atoms with Crippen molar-refractivity contribution in [3.05, 3.63) is 0 Å². The van der Waals surface area contributed by atoms with Gasteiger partial charge in [-0.1, -0.05) is 15.9 Å². The normalized spacial score (nSPS) is 40.3. The van der Waals surface area contributed by atoms with Crippen molar-refractivity contribution < 1.29 is 9.47 Å². The highest BCUT2D eigenvalue weighted by Crippen LogP contribution is 2.19. The van der Waals surface area contributed by atoms with Gasteiger partial charge in [0.1, 0.15) is 0 Å². The average Bonchev–Trinajstić information content (AvgIpc) is 2.69. The Hall–Kier alpha value is 0.360. The molecule has 0 radical (unpaired) electrons. The predicted molar refractivity (Wildman–Crippen MR) is 58.9 cm³/mol. The van der Waals surface area contributed by atoms with E-state index in [1.807, 2.05) is 0 Å². The molecule has 2 rings (SSSR count). The van der Waals surface area contributed by atoms with Crippen LogP contribution in [-0.2, 0) is 9.47 Å². The Morgan fingerprint density at radius 2 is 2.29 bits per heavy atom. The first-order chi connectivity index (χ1) is 6.79. The van der Waals surface area contributed by atoms with E-state index in [0.717, 1.165) is 31.6 Å². The number of ether oxygens (including phenoxy) is 2. The highest BCUT2D eigenvalue weighted by molar-refractivity contribution is 9.09. The Bertz CT molecular complexity index is 185. The number of rotatable bonds is 2. The number of alkyl halides is 1. The summed E-state index contributed by atoms with van der Waals surface area (Å²) in [6.45, 7) is 6.08. The van der Waals surface area contributed by atoms with Gasteiger partial charge in [-0.15, -0.1) is 0 Å². The van der Waals surface area contributed by atoms with Crippen molar-refractivity contribution >= 4 is 15.9 Å². The summed E-state index contributed by atoms with van der Waals surface area (Å²) in [7, 11) is 0. The second-order valence-electron chi connectivity index (χ2n) is 4.19. The molecule has 2 heterocycles. The minimum absolute atomic E-state index is 0.347. The molecule has 3 unspecified atom stereocenters. The van der Waals surface area contributed by atoms with Gasteiger partial charge in [-0.05, 0) is 13.3 Å². The number of nitrogens with zero attached hydrogens (tertiary/aromatic N) is 1. The molecule has 2 saturated heterocycles. The van der Waals surface area contributed by atoms with E-state index in [1.165, 1.54) is 6.42 Å². The fraction of sp³-hybridized carbons (Fsp3) is 1.00. The SMILES string of the molecule is CC1CN(C2CCOC2)CC(CBr)O1. The molecule has 2 fully saturated rings. The highest BCUT2D eigenvalue weighted by atomic mass is 79.9. The van der Waals surface area contributed by atoms with Gasteiger partial charge in [0, 0.05) is 31.1 Å². The number of hydrogen-bond donors (Lipinski definition) is 0. The number of morpholine rings is 1. The maximum absolute atomic E-state index is 5.80. The number of hydrogen-bond acceptors (Lipinski definition) is 3. The zero-order chi connectivity index (χ0) is 9.97. The van der Waals surface area contributed by atoms with E-state index < -0.39 is 0 Å². The molecule has 0 aliphatic carbocycles. The van der Waals surface area contributed by atoms with Crippen LogP contribution in [-0.4, -0.2) is 54.8 Å². The lowest BCUT2D eigenvalue weighted by Crippen LogP contribution is -2.51. The van der Waals surface area contributed by atoms with Gasteiger partial charge in [0.05, 0.1) is 18.8 Å². The van der Waals surface area contributed by atoms with Crippen molar-refractivity contribution in [1.82, 2.24) is 4.90 Å². The first-order valence-electron chi connectivity index (χ1n) is 5.33. The summed E-state index contributed by atoms with van der Waals surface area (Å²) in [6.07, 6.45) is 1.88. The molecule has 0 aromatic carbocycles. The summed E-state index contributed by atoms with van der Waals surface area (Å²) in [6, 6.07) is 0.628. The molecule has 82 valence electrons. The van der Waals surface area contributed by atoms with Crippen molar-refractivity contribution in [2.24, 2.45) is 0 Å². The summed E-state index contributed by atoms with van der Waals surface area (Å²) in [5.41, 5.74) is 0. The van der Waals surface area contributed by atoms with Gasteiger partial charge in [-0.25, -0.2) is 0 Å². The Balaban J connectivity index is 1.90. The molecular formula is C10H18BrNO2. The predicted octanol–water partition coefficient (Wildman–Crippen LogP) is 1.26. The smallest absolute Gasteiger partial charge is 0.0802 e. The van der Waals surface area contributed by atoms with Crippen molar-refractivity contribution in [2.75, 3.05) is 31.6 Å². The standard InChI is InChI=1S/C10H18BrNO2/c1-8-5-12(6-10(4-11)14-8)9-2-3-13-7-9/h8-10H,2-7H2,1H3. The largest absolute Gasteiger partial charge is 0.380 e. The minimum atomic E-state index is 0.347. The zero-order valence-corrected chi connectivity index (χ0v) is 10.2. The van der Waals surface area contributed by atoms with E-state index in [-0.39, 0.29) is 0 Å². The van der Waals surface area contributed by atoms with E-state index in [0.29, 0.717) is 18.2 Å². The van der Waals surface area contributed by atoms with Crippen LogP contribution in [0.4, 0.5) is 0 Å². The van der Waals surface area contributed by atoms with Crippen LogP contribution < -0.4 is 0 Å². The maximum atomic E-state index is 5.80. The Kier molecular flexibility index (Phi) is 3.82. The lowest BCUT2D eigenvalue weighted by atomic mass is 10.1. The van der Waals surface area contributed by atoms with Gasteiger partial charge in [0.25, 0.3) is 0 Å². The van der Waals surface area contributed by atoms with Gasteiger partial charge in [-0.2, -0.15) is 0 Å². The summed E-state index contributed by atoms with van der Waals surface area (Å²) >= 11 is 3.49. The van der Waals surface area contributed by atoms with Crippen LogP contribution in [0.15, 0.2) is 0 Å². The molecule has 2 aliphatic heterocycles. The molecule has 0 N–H and O–H groups in total. The highest BCUT2D eigenvalue weighted by Gasteiger charge is 2.31. The minimum Gasteiger partial charge on any atom is -0.380 e. The van der Waals surface area contributed by atoms with Crippen molar-refractivity contribution in [1.29, 1.82) is 0 Å². The van der Waals surface area contributed by atoms with Crippen LogP contribution in [0.3, 0.4) is 0 Å². The quantitative estimate of drug-likeness (QED) is 0.701. The lowest BCUT2D eigenvalue weighted by Gasteiger charge is -2.39. The first-order valence-corrected chi connectivity index (χ1v) is 6.45. The molecule has 0 aromatic heterocycles. The van der Waals surface area contributed by atoms with E-state index in [2.05, 4.69) is 27.8 Å². The molecule has 3 nitrogen and oxygen atoms in total. The topological polar surface area (TPSA) is 21.7 Å². The first kappa shape index (κ1) is 10.9. The van der Waals surface area contributed by atoms with E-state index in [1.54, 1.807) is 0 Å². The number of halogens is 1. The third-order valence-electron chi connectivity index (χ3n) is 2.95. The van der Waals surface area contributed by atoms with Crippen LogP contribution in [0.1, 0.15) is 13.3 Å².